The summed E-state index contributed by atoms with van der Waals surface area (Å²) in [6.45, 7) is 7.30. The summed E-state index contributed by atoms with van der Waals surface area (Å²) in [4.78, 5) is 10.5. The van der Waals surface area contributed by atoms with Gasteiger partial charge in [-0.2, -0.15) is 0 Å². The zero-order valence-corrected chi connectivity index (χ0v) is 11.8. The molecule has 0 unspecified atom stereocenters. The van der Waals surface area contributed by atoms with E-state index in [4.69, 9.17) is 0 Å². The van der Waals surface area contributed by atoms with Gasteiger partial charge in [0.15, 0.2) is 5.82 Å². The molecular weight excluding hydrogens is 258 g/mol. The number of benzene rings is 1. The van der Waals surface area contributed by atoms with Gasteiger partial charge in [0.2, 0.25) is 5.95 Å². The molecule has 1 aromatic heterocycles. The van der Waals surface area contributed by atoms with Crippen LogP contribution in [-0.2, 0) is 6.54 Å². The first-order chi connectivity index (χ1) is 9.58. The SMILES string of the molecule is CCNc1nnc(-c2cc([N+](=O)[O-])ccc2C)n1CC. The lowest BCUT2D eigenvalue weighted by Gasteiger charge is -2.09. The number of aromatic nitrogens is 3. The lowest BCUT2D eigenvalue weighted by atomic mass is 10.1. The minimum absolute atomic E-state index is 0.0567. The monoisotopic (exact) mass is 275 g/mol. The fourth-order valence-corrected chi connectivity index (χ4v) is 2.06. The maximum atomic E-state index is 10.9. The van der Waals surface area contributed by atoms with Gasteiger partial charge in [-0.1, -0.05) is 6.07 Å². The molecule has 7 nitrogen and oxygen atoms in total. The Bertz CT molecular complexity index is 636. The van der Waals surface area contributed by atoms with E-state index in [1.807, 2.05) is 25.3 Å². The number of anilines is 1. The number of nitro benzene ring substituents is 1. The van der Waals surface area contributed by atoms with Gasteiger partial charge in [0.05, 0.1) is 4.92 Å². The first kappa shape index (κ1) is 14.0. The zero-order chi connectivity index (χ0) is 14.7. The van der Waals surface area contributed by atoms with Crippen molar-refractivity contribution < 1.29 is 4.92 Å². The predicted octanol–water partition coefficient (Wildman–Crippen LogP) is 2.61. The van der Waals surface area contributed by atoms with Crippen molar-refractivity contribution in [2.75, 3.05) is 11.9 Å². The van der Waals surface area contributed by atoms with Gasteiger partial charge in [-0.3, -0.25) is 14.7 Å². The van der Waals surface area contributed by atoms with E-state index >= 15 is 0 Å². The Morgan fingerprint density at radius 1 is 1.35 bits per heavy atom. The smallest absolute Gasteiger partial charge is 0.270 e. The molecule has 0 aliphatic rings. The maximum absolute atomic E-state index is 10.9. The van der Waals surface area contributed by atoms with Crippen molar-refractivity contribution in [2.45, 2.75) is 27.3 Å². The van der Waals surface area contributed by atoms with Crippen LogP contribution in [0.1, 0.15) is 19.4 Å². The number of nitro groups is 1. The molecule has 0 atom stereocenters. The normalized spacial score (nSPS) is 10.6. The number of rotatable bonds is 5. The lowest BCUT2D eigenvalue weighted by molar-refractivity contribution is -0.384. The summed E-state index contributed by atoms with van der Waals surface area (Å²) in [5.74, 6) is 1.32. The van der Waals surface area contributed by atoms with Crippen LogP contribution in [0.2, 0.25) is 0 Å². The van der Waals surface area contributed by atoms with Gasteiger partial charge < -0.3 is 5.32 Å². The number of nitrogens with one attached hydrogen (secondary N) is 1. The van der Waals surface area contributed by atoms with Crippen molar-refractivity contribution in [3.05, 3.63) is 33.9 Å². The Morgan fingerprint density at radius 3 is 2.70 bits per heavy atom. The third kappa shape index (κ3) is 2.47. The van der Waals surface area contributed by atoms with Crippen LogP contribution >= 0.6 is 0 Å². The van der Waals surface area contributed by atoms with Crippen LogP contribution in [0.25, 0.3) is 11.4 Å². The van der Waals surface area contributed by atoms with Crippen molar-refractivity contribution in [3.8, 4) is 11.4 Å². The van der Waals surface area contributed by atoms with Crippen LogP contribution < -0.4 is 5.32 Å². The van der Waals surface area contributed by atoms with Crippen molar-refractivity contribution in [1.29, 1.82) is 0 Å². The van der Waals surface area contributed by atoms with Gasteiger partial charge in [-0.15, -0.1) is 10.2 Å². The highest BCUT2D eigenvalue weighted by atomic mass is 16.6. The van der Waals surface area contributed by atoms with E-state index in [-0.39, 0.29) is 5.69 Å². The second-order valence-corrected chi connectivity index (χ2v) is 4.38. The molecule has 1 aromatic carbocycles. The fourth-order valence-electron chi connectivity index (χ4n) is 2.06. The Balaban J connectivity index is 2.56. The first-order valence-corrected chi connectivity index (χ1v) is 6.51. The highest BCUT2D eigenvalue weighted by molar-refractivity contribution is 5.65. The van der Waals surface area contributed by atoms with Crippen molar-refractivity contribution in [1.82, 2.24) is 14.8 Å². The molecule has 0 saturated heterocycles. The fraction of sp³-hybridized carbons (Fsp3) is 0.385. The minimum Gasteiger partial charge on any atom is -0.355 e. The van der Waals surface area contributed by atoms with Crippen LogP contribution in [-0.4, -0.2) is 26.2 Å². The average molecular weight is 275 g/mol. The molecule has 20 heavy (non-hydrogen) atoms. The summed E-state index contributed by atoms with van der Waals surface area (Å²) in [7, 11) is 0. The van der Waals surface area contributed by atoms with E-state index in [1.54, 1.807) is 12.1 Å². The third-order valence-corrected chi connectivity index (χ3v) is 3.07. The molecule has 0 amide bonds. The Labute approximate surface area is 116 Å². The number of aryl methyl sites for hydroxylation is 1. The standard InChI is InChI=1S/C13H17N5O2/c1-4-14-13-16-15-12(17(13)5-2)11-8-10(18(19)20)7-6-9(11)3/h6-8H,4-5H2,1-3H3,(H,14,16). The summed E-state index contributed by atoms with van der Waals surface area (Å²) in [6.07, 6.45) is 0. The molecule has 1 N–H and O–H groups in total. The molecule has 2 aromatic rings. The van der Waals surface area contributed by atoms with Gasteiger partial charge in [0.25, 0.3) is 5.69 Å². The van der Waals surface area contributed by atoms with Crippen molar-refractivity contribution in [3.63, 3.8) is 0 Å². The van der Waals surface area contributed by atoms with E-state index in [2.05, 4.69) is 15.5 Å². The molecule has 0 aliphatic carbocycles. The highest BCUT2D eigenvalue weighted by Crippen LogP contribution is 2.27. The van der Waals surface area contributed by atoms with Gasteiger partial charge >= 0.3 is 0 Å². The minimum atomic E-state index is -0.402. The van der Waals surface area contributed by atoms with Crippen LogP contribution in [0.5, 0.6) is 0 Å². The van der Waals surface area contributed by atoms with Crippen LogP contribution in [0.15, 0.2) is 18.2 Å². The van der Waals surface area contributed by atoms with Crippen LogP contribution in [0.4, 0.5) is 11.6 Å². The van der Waals surface area contributed by atoms with Crippen LogP contribution in [0.3, 0.4) is 0 Å². The van der Waals surface area contributed by atoms with Gasteiger partial charge in [0.1, 0.15) is 0 Å². The number of nitrogens with zero attached hydrogens (tertiary/aromatic N) is 4. The van der Waals surface area contributed by atoms with Crippen molar-refractivity contribution >= 4 is 11.6 Å². The lowest BCUT2D eigenvalue weighted by Crippen LogP contribution is -2.07. The molecule has 0 saturated carbocycles. The Kier molecular flexibility index (Phi) is 3.97. The summed E-state index contributed by atoms with van der Waals surface area (Å²) in [5.41, 5.74) is 1.72. The molecule has 0 spiro atoms. The second kappa shape index (κ2) is 5.68. The van der Waals surface area contributed by atoms with E-state index in [9.17, 15) is 10.1 Å². The Hall–Kier alpha value is -2.44. The van der Waals surface area contributed by atoms with Crippen LogP contribution in [0, 0.1) is 17.0 Å². The maximum Gasteiger partial charge on any atom is 0.270 e. The highest BCUT2D eigenvalue weighted by Gasteiger charge is 2.17. The quantitative estimate of drug-likeness (QED) is 0.669. The number of hydrogen-bond acceptors (Lipinski definition) is 5. The molecule has 1 heterocycles. The third-order valence-electron chi connectivity index (χ3n) is 3.07. The first-order valence-electron chi connectivity index (χ1n) is 6.51. The molecule has 106 valence electrons. The van der Waals surface area contributed by atoms with E-state index in [1.165, 1.54) is 6.07 Å². The largest absolute Gasteiger partial charge is 0.355 e. The molecule has 7 heteroatoms. The van der Waals surface area contributed by atoms with Gasteiger partial charge in [0, 0.05) is 30.8 Å². The average Bonchev–Trinajstić information content (AvgIpc) is 2.82. The van der Waals surface area contributed by atoms with Gasteiger partial charge in [-0.25, -0.2) is 0 Å². The molecule has 0 fully saturated rings. The molecule has 0 aliphatic heterocycles. The molecule has 0 radical (unpaired) electrons. The molecule has 0 bridgehead atoms. The van der Waals surface area contributed by atoms with Crippen molar-refractivity contribution in [2.24, 2.45) is 0 Å². The Morgan fingerprint density at radius 2 is 2.10 bits per heavy atom. The number of non-ortho nitro benzene ring substituents is 1. The topological polar surface area (TPSA) is 85.9 Å². The molecule has 2 rings (SSSR count). The summed E-state index contributed by atoms with van der Waals surface area (Å²) < 4.78 is 1.91. The van der Waals surface area contributed by atoms with E-state index in [0.29, 0.717) is 18.3 Å². The predicted molar refractivity (Wildman–Crippen MR) is 76.7 cm³/mol. The number of hydrogen-bond donors (Lipinski definition) is 1. The van der Waals surface area contributed by atoms with E-state index in [0.717, 1.165) is 17.7 Å². The van der Waals surface area contributed by atoms with Gasteiger partial charge in [-0.05, 0) is 26.3 Å². The summed E-state index contributed by atoms with van der Waals surface area (Å²) in [6, 6.07) is 4.77. The summed E-state index contributed by atoms with van der Waals surface area (Å²) >= 11 is 0. The summed E-state index contributed by atoms with van der Waals surface area (Å²) in [5, 5.41) is 22.3. The second-order valence-electron chi connectivity index (χ2n) is 4.38. The van der Waals surface area contributed by atoms with E-state index < -0.39 is 4.92 Å². The zero-order valence-electron chi connectivity index (χ0n) is 11.8. The molecular formula is C13H17N5O2.